The van der Waals surface area contributed by atoms with E-state index in [1.165, 1.54) is 5.51 Å². The van der Waals surface area contributed by atoms with E-state index in [0.29, 0.717) is 5.56 Å². The number of carboxylic acid groups (broad SMARTS) is 1. The van der Waals surface area contributed by atoms with Crippen molar-refractivity contribution < 1.29 is 18.3 Å². The van der Waals surface area contributed by atoms with Crippen molar-refractivity contribution in [2.75, 3.05) is 0 Å². The van der Waals surface area contributed by atoms with Gasteiger partial charge in [-0.2, -0.15) is 0 Å². The molecule has 0 aliphatic heterocycles. The predicted octanol–water partition coefficient (Wildman–Crippen LogP) is 1.02. The van der Waals surface area contributed by atoms with E-state index in [2.05, 4.69) is 14.7 Å². The number of carboxylic acids is 1. The molecule has 7 nitrogen and oxygen atoms in total. The Kier molecular flexibility index (Phi) is 4.12. The topological polar surface area (TPSA) is 109 Å². The number of pyridine rings is 1. The summed E-state index contributed by atoms with van der Waals surface area (Å²) >= 11 is 0.764. The zero-order valence-corrected chi connectivity index (χ0v) is 12.0. The molecule has 0 radical (unpaired) electrons. The Morgan fingerprint density at radius 3 is 2.75 bits per heavy atom. The number of aromatic nitrogens is 2. The Hall–Kier alpha value is -1.84. The number of nitrogens with zero attached hydrogens (tertiary/aromatic N) is 2. The highest BCUT2D eigenvalue weighted by Crippen LogP contribution is 2.20. The maximum atomic E-state index is 12.0. The minimum absolute atomic E-state index is 0.0343. The summed E-state index contributed by atoms with van der Waals surface area (Å²) in [5.41, 5.74) is 2.23. The van der Waals surface area contributed by atoms with Crippen molar-refractivity contribution in [1.82, 2.24) is 14.7 Å². The zero-order chi connectivity index (χ0) is 14.8. The first-order valence-corrected chi connectivity index (χ1v) is 7.84. The highest BCUT2D eigenvalue weighted by molar-refractivity contribution is 7.91. The average molecular weight is 313 g/mol. The SMILES string of the molecule is Cc1ccc(CNS(=O)(=O)c2scnc2C(=O)O)cn1. The molecule has 0 saturated heterocycles. The van der Waals surface area contributed by atoms with Gasteiger partial charge in [0.25, 0.3) is 10.0 Å². The van der Waals surface area contributed by atoms with Gasteiger partial charge >= 0.3 is 5.97 Å². The summed E-state index contributed by atoms with van der Waals surface area (Å²) in [6.45, 7) is 1.86. The van der Waals surface area contributed by atoms with Gasteiger partial charge in [0.2, 0.25) is 0 Å². The smallest absolute Gasteiger partial charge is 0.356 e. The van der Waals surface area contributed by atoms with Gasteiger partial charge in [-0.1, -0.05) is 6.07 Å². The molecular weight excluding hydrogens is 302 g/mol. The van der Waals surface area contributed by atoms with E-state index in [0.717, 1.165) is 17.0 Å². The Labute approximate surface area is 119 Å². The molecule has 0 aliphatic carbocycles. The third-order valence-electron chi connectivity index (χ3n) is 2.42. The lowest BCUT2D eigenvalue weighted by Crippen LogP contribution is -2.24. The minimum atomic E-state index is -3.90. The summed E-state index contributed by atoms with van der Waals surface area (Å²) in [5.74, 6) is -1.37. The fraction of sp³-hybridized carbons (Fsp3) is 0.182. The fourth-order valence-corrected chi connectivity index (χ4v) is 3.62. The van der Waals surface area contributed by atoms with Gasteiger partial charge < -0.3 is 5.11 Å². The van der Waals surface area contributed by atoms with Crippen molar-refractivity contribution in [3.63, 3.8) is 0 Å². The predicted molar refractivity (Wildman–Crippen MR) is 72.1 cm³/mol. The van der Waals surface area contributed by atoms with Crippen molar-refractivity contribution in [1.29, 1.82) is 0 Å². The van der Waals surface area contributed by atoms with Crippen LogP contribution in [0.4, 0.5) is 0 Å². The second-order valence-corrected chi connectivity index (χ2v) is 6.74. The largest absolute Gasteiger partial charge is 0.476 e. The molecule has 2 aromatic heterocycles. The third kappa shape index (κ3) is 3.18. The van der Waals surface area contributed by atoms with Crippen molar-refractivity contribution in [3.05, 3.63) is 40.8 Å². The molecule has 0 bridgehead atoms. The van der Waals surface area contributed by atoms with Gasteiger partial charge in [0.1, 0.15) is 0 Å². The molecule has 0 atom stereocenters. The van der Waals surface area contributed by atoms with Crippen molar-refractivity contribution in [2.24, 2.45) is 0 Å². The number of carbonyl (C=O) groups is 1. The number of sulfonamides is 1. The van der Waals surface area contributed by atoms with Crippen LogP contribution < -0.4 is 4.72 Å². The van der Waals surface area contributed by atoms with E-state index >= 15 is 0 Å². The Morgan fingerprint density at radius 2 is 2.15 bits per heavy atom. The fourth-order valence-electron chi connectivity index (χ4n) is 1.42. The maximum absolute atomic E-state index is 12.0. The van der Waals surface area contributed by atoms with Gasteiger partial charge in [-0.3, -0.25) is 4.98 Å². The molecule has 0 amide bonds. The Balaban J connectivity index is 2.17. The summed E-state index contributed by atoms with van der Waals surface area (Å²) < 4.78 is 26.1. The van der Waals surface area contributed by atoms with Crippen LogP contribution in [0.15, 0.2) is 28.0 Å². The maximum Gasteiger partial charge on any atom is 0.356 e. The molecule has 0 spiro atoms. The van der Waals surface area contributed by atoms with Crippen LogP contribution in [0.3, 0.4) is 0 Å². The van der Waals surface area contributed by atoms with Crippen LogP contribution in [0.2, 0.25) is 0 Å². The first kappa shape index (κ1) is 14.6. The standard InChI is InChI=1S/C11H11N3O4S2/c1-7-2-3-8(4-12-7)5-14-20(17,18)11-9(10(15)16)13-6-19-11/h2-4,6,14H,5H2,1H3,(H,15,16). The molecule has 0 aliphatic rings. The Morgan fingerprint density at radius 1 is 1.40 bits per heavy atom. The van der Waals surface area contributed by atoms with Crippen LogP contribution in [0, 0.1) is 6.92 Å². The van der Waals surface area contributed by atoms with Gasteiger partial charge in [0.05, 0.1) is 5.51 Å². The molecule has 106 valence electrons. The van der Waals surface area contributed by atoms with Crippen LogP contribution in [0.25, 0.3) is 0 Å². The number of thiazole rings is 1. The van der Waals surface area contributed by atoms with Crippen LogP contribution in [0.1, 0.15) is 21.7 Å². The van der Waals surface area contributed by atoms with E-state index in [4.69, 9.17) is 5.11 Å². The minimum Gasteiger partial charge on any atom is -0.476 e. The second kappa shape index (κ2) is 5.65. The number of hydrogen-bond donors (Lipinski definition) is 2. The monoisotopic (exact) mass is 313 g/mol. The normalized spacial score (nSPS) is 11.4. The van der Waals surface area contributed by atoms with Crippen molar-refractivity contribution >= 4 is 27.3 Å². The molecule has 20 heavy (non-hydrogen) atoms. The number of aromatic carboxylic acids is 1. The summed E-state index contributed by atoms with van der Waals surface area (Å²) in [5, 5.41) is 8.88. The summed E-state index contributed by atoms with van der Waals surface area (Å²) in [4.78, 5) is 18.5. The van der Waals surface area contributed by atoms with E-state index in [1.54, 1.807) is 18.3 Å². The van der Waals surface area contributed by atoms with E-state index < -0.39 is 21.7 Å². The lowest BCUT2D eigenvalue weighted by Gasteiger charge is -2.05. The lowest BCUT2D eigenvalue weighted by molar-refractivity contribution is 0.0687. The summed E-state index contributed by atoms with van der Waals surface area (Å²) in [6.07, 6.45) is 1.56. The molecule has 0 saturated carbocycles. The van der Waals surface area contributed by atoms with Crippen molar-refractivity contribution in [3.8, 4) is 0 Å². The first-order chi connectivity index (χ1) is 9.40. The summed E-state index contributed by atoms with van der Waals surface area (Å²) in [6, 6.07) is 3.51. The molecular formula is C11H11N3O4S2. The van der Waals surface area contributed by atoms with Crippen LogP contribution in [0.5, 0.6) is 0 Å². The number of aryl methyl sites for hydroxylation is 1. The highest BCUT2D eigenvalue weighted by Gasteiger charge is 2.25. The second-order valence-electron chi connectivity index (χ2n) is 3.93. The lowest BCUT2D eigenvalue weighted by atomic mass is 10.2. The summed E-state index contributed by atoms with van der Waals surface area (Å²) in [7, 11) is -3.90. The highest BCUT2D eigenvalue weighted by atomic mass is 32.2. The number of nitrogens with one attached hydrogen (secondary N) is 1. The molecule has 0 unspecified atom stereocenters. The molecule has 2 aromatic rings. The van der Waals surface area contributed by atoms with E-state index in [9.17, 15) is 13.2 Å². The molecule has 9 heteroatoms. The van der Waals surface area contributed by atoms with E-state index in [1.807, 2.05) is 6.92 Å². The third-order valence-corrected chi connectivity index (χ3v) is 5.19. The molecule has 2 heterocycles. The van der Waals surface area contributed by atoms with Crippen LogP contribution in [-0.4, -0.2) is 29.5 Å². The van der Waals surface area contributed by atoms with E-state index in [-0.39, 0.29) is 10.8 Å². The molecule has 0 fully saturated rings. The quantitative estimate of drug-likeness (QED) is 0.853. The van der Waals surface area contributed by atoms with Gasteiger partial charge in [0, 0.05) is 18.4 Å². The first-order valence-electron chi connectivity index (χ1n) is 5.48. The average Bonchev–Trinajstić information content (AvgIpc) is 2.88. The molecule has 2 rings (SSSR count). The van der Waals surface area contributed by atoms with Gasteiger partial charge in [-0.15, -0.1) is 11.3 Å². The van der Waals surface area contributed by atoms with Gasteiger partial charge in [-0.25, -0.2) is 22.9 Å². The zero-order valence-electron chi connectivity index (χ0n) is 10.4. The van der Waals surface area contributed by atoms with Crippen LogP contribution in [-0.2, 0) is 16.6 Å². The molecule has 2 N–H and O–H groups in total. The van der Waals surface area contributed by atoms with Gasteiger partial charge in [0.15, 0.2) is 9.90 Å². The molecule has 0 aromatic carbocycles. The van der Waals surface area contributed by atoms with Crippen LogP contribution >= 0.6 is 11.3 Å². The van der Waals surface area contributed by atoms with Crippen molar-refractivity contribution in [2.45, 2.75) is 17.7 Å². The Bertz CT molecular complexity index is 722. The number of hydrogen-bond acceptors (Lipinski definition) is 6. The van der Waals surface area contributed by atoms with Gasteiger partial charge in [-0.05, 0) is 18.6 Å². The number of rotatable bonds is 5.